The zero-order valence-corrected chi connectivity index (χ0v) is 9.14. The van der Waals surface area contributed by atoms with E-state index in [0.717, 1.165) is 25.6 Å². The number of aromatic nitrogens is 1. The van der Waals surface area contributed by atoms with Gasteiger partial charge in [0, 0.05) is 19.7 Å². The zero-order valence-electron chi connectivity index (χ0n) is 9.14. The summed E-state index contributed by atoms with van der Waals surface area (Å²) < 4.78 is 7.06. The Morgan fingerprint density at radius 3 is 3.00 bits per heavy atom. The molecule has 82 valence electrons. The fourth-order valence-electron chi connectivity index (χ4n) is 1.91. The van der Waals surface area contributed by atoms with Crippen molar-refractivity contribution in [2.24, 2.45) is 7.05 Å². The van der Waals surface area contributed by atoms with Gasteiger partial charge < -0.3 is 9.64 Å². The van der Waals surface area contributed by atoms with Gasteiger partial charge in [0.15, 0.2) is 0 Å². The fraction of sp³-hybridized carbons (Fsp3) is 0.545. The molecule has 0 aliphatic carbocycles. The second kappa shape index (κ2) is 4.06. The molecular weight excluding hydrogens is 192 g/mol. The second-order valence-electron chi connectivity index (χ2n) is 3.90. The molecule has 4 nitrogen and oxygen atoms in total. The maximum absolute atomic E-state index is 11.5. The predicted octanol–water partition coefficient (Wildman–Crippen LogP) is 0.610. The topological polar surface area (TPSA) is 34.5 Å². The summed E-state index contributed by atoms with van der Waals surface area (Å²) in [5.74, 6) is 0.971. The molecule has 0 spiro atoms. The van der Waals surface area contributed by atoms with E-state index in [1.54, 1.807) is 23.7 Å². The highest BCUT2D eigenvalue weighted by molar-refractivity contribution is 5.40. The van der Waals surface area contributed by atoms with Crippen LogP contribution in [0.3, 0.4) is 0 Å². The molecule has 1 fully saturated rings. The van der Waals surface area contributed by atoms with Gasteiger partial charge in [-0.1, -0.05) is 6.07 Å². The van der Waals surface area contributed by atoms with Gasteiger partial charge in [-0.05, 0) is 13.0 Å². The number of anilines is 1. The van der Waals surface area contributed by atoms with Crippen molar-refractivity contribution in [3.63, 3.8) is 0 Å². The van der Waals surface area contributed by atoms with Crippen molar-refractivity contribution in [2.75, 3.05) is 24.7 Å². The minimum absolute atomic E-state index is 0.0335. The summed E-state index contributed by atoms with van der Waals surface area (Å²) >= 11 is 0. The van der Waals surface area contributed by atoms with Crippen LogP contribution in [0.4, 0.5) is 5.82 Å². The highest BCUT2D eigenvalue weighted by atomic mass is 16.5. The van der Waals surface area contributed by atoms with Gasteiger partial charge in [0.2, 0.25) is 0 Å². The molecule has 1 aliphatic heterocycles. The molecule has 2 rings (SSSR count). The number of pyridine rings is 1. The van der Waals surface area contributed by atoms with Crippen molar-refractivity contribution in [3.05, 3.63) is 28.6 Å². The van der Waals surface area contributed by atoms with Crippen LogP contribution in [0.5, 0.6) is 0 Å². The molecule has 1 atom stereocenters. The monoisotopic (exact) mass is 208 g/mol. The Bertz CT molecular complexity index is 400. The zero-order chi connectivity index (χ0) is 10.8. The highest BCUT2D eigenvalue weighted by Crippen LogP contribution is 2.16. The number of morpholine rings is 1. The van der Waals surface area contributed by atoms with Crippen LogP contribution >= 0.6 is 0 Å². The van der Waals surface area contributed by atoms with E-state index in [4.69, 9.17) is 4.74 Å². The van der Waals surface area contributed by atoms with Gasteiger partial charge in [-0.2, -0.15) is 0 Å². The van der Waals surface area contributed by atoms with Crippen LogP contribution in [-0.2, 0) is 11.8 Å². The Morgan fingerprint density at radius 2 is 2.27 bits per heavy atom. The summed E-state index contributed by atoms with van der Waals surface area (Å²) in [7, 11) is 1.81. The van der Waals surface area contributed by atoms with E-state index in [0.29, 0.717) is 6.04 Å². The second-order valence-corrected chi connectivity index (χ2v) is 3.90. The number of rotatable bonds is 1. The van der Waals surface area contributed by atoms with Crippen LogP contribution in [0.25, 0.3) is 0 Å². The van der Waals surface area contributed by atoms with Crippen molar-refractivity contribution >= 4 is 5.82 Å². The van der Waals surface area contributed by atoms with Gasteiger partial charge in [-0.3, -0.25) is 9.36 Å². The first-order valence-electron chi connectivity index (χ1n) is 5.20. The van der Waals surface area contributed by atoms with Crippen molar-refractivity contribution < 1.29 is 4.74 Å². The molecule has 4 heteroatoms. The first-order chi connectivity index (χ1) is 7.20. The van der Waals surface area contributed by atoms with Crippen LogP contribution in [0.2, 0.25) is 0 Å². The maximum Gasteiger partial charge on any atom is 0.251 e. The number of hydrogen-bond donors (Lipinski definition) is 0. The molecule has 15 heavy (non-hydrogen) atoms. The summed E-state index contributed by atoms with van der Waals surface area (Å²) in [6, 6.07) is 5.68. The lowest BCUT2D eigenvalue weighted by molar-refractivity contribution is 0.0981. The minimum atomic E-state index is 0.0335. The Balaban J connectivity index is 2.35. The van der Waals surface area contributed by atoms with Crippen molar-refractivity contribution in [3.8, 4) is 0 Å². The molecular formula is C11H16N2O2. The molecule has 2 heterocycles. The molecule has 0 saturated carbocycles. The smallest absolute Gasteiger partial charge is 0.251 e. The van der Waals surface area contributed by atoms with Crippen LogP contribution in [0.1, 0.15) is 6.92 Å². The van der Waals surface area contributed by atoms with E-state index >= 15 is 0 Å². The Labute approximate surface area is 89.1 Å². The molecule has 1 saturated heterocycles. The summed E-state index contributed by atoms with van der Waals surface area (Å²) in [6.45, 7) is 4.41. The molecule has 1 unspecified atom stereocenters. The molecule has 1 aliphatic rings. The van der Waals surface area contributed by atoms with Crippen molar-refractivity contribution in [1.82, 2.24) is 4.57 Å². The standard InChI is InChI=1S/C11H16N2O2/c1-9-8-15-7-6-13(9)10-4-3-5-11(14)12(10)2/h3-5,9H,6-8H2,1-2H3. The van der Waals surface area contributed by atoms with Gasteiger partial charge >= 0.3 is 0 Å². The van der Waals surface area contributed by atoms with Crippen LogP contribution in [-0.4, -0.2) is 30.4 Å². The van der Waals surface area contributed by atoms with E-state index in [9.17, 15) is 4.79 Å². The maximum atomic E-state index is 11.5. The van der Waals surface area contributed by atoms with Gasteiger partial charge in [0.25, 0.3) is 5.56 Å². The predicted molar refractivity (Wildman–Crippen MR) is 59.3 cm³/mol. The van der Waals surface area contributed by atoms with Gasteiger partial charge in [0.1, 0.15) is 5.82 Å². The van der Waals surface area contributed by atoms with Crippen molar-refractivity contribution in [2.45, 2.75) is 13.0 Å². The van der Waals surface area contributed by atoms with Gasteiger partial charge in [-0.15, -0.1) is 0 Å². The SMILES string of the molecule is CC1COCCN1c1cccc(=O)n1C. The van der Waals surface area contributed by atoms with E-state index in [2.05, 4.69) is 11.8 Å². The molecule has 1 aromatic heterocycles. The highest BCUT2D eigenvalue weighted by Gasteiger charge is 2.20. The van der Waals surface area contributed by atoms with Gasteiger partial charge in [0.05, 0.1) is 19.3 Å². The normalized spacial score (nSPS) is 21.7. The van der Waals surface area contributed by atoms with Gasteiger partial charge in [-0.25, -0.2) is 0 Å². The minimum Gasteiger partial charge on any atom is -0.377 e. The molecule has 0 amide bonds. The Morgan fingerprint density at radius 1 is 1.47 bits per heavy atom. The molecule has 0 bridgehead atoms. The molecule has 1 aromatic rings. The van der Waals surface area contributed by atoms with E-state index < -0.39 is 0 Å². The number of nitrogens with zero attached hydrogens (tertiary/aromatic N) is 2. The van der Waals surface area contributed by atoms with Crippen LogP contribution in [0, 0.1) is 0 Å². The first-order valence-corrected chi connectivity index (χ1v) is 5.20. The Kier molecular flexibility index (Phi) is 2.77. The first kappa shape index (κ1) is 10.2. The van der Waals surface area contributed by atoms with E-state index in [1.165, 1.54) is 0 Å². The third-order valence-corrected chi connectivity index (χ3v) is 2.82. The average molecular weight is 208 g/mol. The lowest BCUT2D eigenvalue weighted by Gasteiger charge is -2.35. The summed E-state index contributed by atoms with van der Waals surface area (Å²) in [4.78, 5) is 13.7. The lowest BCUT2D eigenvalue weighted by atomic mass is 10.2. The summed E-state index contributed by atoms with van der Waals surface area (Å²) in [6.07, 6.45) is 0. The van der Waals surface area contributed by atoms with E-state index in [1.807, 2.05) is 6.07 Å². The lowest BCUT2D eigenvalue weighted by Crippen LogP contribution is -2.45. The van der Waals surface area contributed by atoms with Crippen molar-refractivity contribution in [1.29, 1.82) is 0 Å². The van der Waals surface area contributed by atoms with Crippen LogP contribution in [0.15, 0.2) is 23.0 Å². The number of ether oxygens (including phenoxy) is 1. The van der Waals surface area contributed by atoms with Crippen LogP contribution < -0.4 is 10.5 Å². The number of hydrogen-bond acceptors (Lipinski definition) is 3. The Hall–Kier alpha value is -1.29. The summed E-state index contributed by atoms with van der Waals surface area (Å²) in [5.41, 5.74) is 0.0335. The fourth-order valence-corrected chi connectivity index (χ4v) is 1.91. The quantitative estimate of drug-likeness (QED) is 0.678. The van der Waals surface area contributed by atoms with E-state index in [-0.39, 0.29) is 5.56 Å². The average Bonchev–Trinajstić information content (AvgIpc) is 2.23. The third kappa shape index (κ3) is 1.90. The summed E-state index contributed by atoms with van der Waals surface area (Å²) in [5, 5.41) is 0. The largest absolute Gasteiger partial charge is 0.377 e. The molecule has 0 aromatic carbocycles. The molecule has 0 N–H and O–H groups in total. The molecule has 0 radical (unpaired) electrons. The third-order valence-electron chi connectivity index (χ3n) is 2.82.